The number of aliphatic imine (C=N–C) groups is 1. The Morgan fingerprint density at radius 3 is 2.89 bits per heavy atom. The van der Waals surface area contributed by atoms with Gasteiger partial charge in [-0.1, -0.05) is 17.4 Å². The highest BCUT2D eigenvalue weighted by atomic mass is 79.9. The smallest absolute Gasteiger partial charge is 0.182 e. The summed E-state index contributed by atoms with van der Waals surface area (Å²) in [6.45, 7) is 2.03. The summed E-state index contributed by atoms with van der Waals surface area (Å²) in [5.74, 6) is 0.219. The van der Waals surface area contributed by atoms with Gasteiger partial charge < -0.3 is 5.32 Å². The number of nitrogens with one attached hydrogen (secondary N) is 2. The zero-order valence-corrected chi connectivity index (χ0v) is 16.8. The van der Waals surface area contributed by atoms with Gasteiger partial charge in [0, 0.05) is 6.42 Å². The standard InChI is InChI=1S/C17H19BrFN5O2S/c18-13-8-11(1-2-14(13)19)21-17(22-25)16-15(23-26-24-16)9-12(27)7-10-3-5-20-6-4-10/h1-2,8,10,20,25H,3-7,9H2,(H,21,22). The van der Waals surface area contributed by atoms with Crippen molar-refractivity contribution >= 4 is 44.5 Å². The lowest BCUT2D eigenvalue weighted by atomic mass is 9.92. The van der Waals surface area contributed by atoms with E-state index in [1.165, 1.54) is 18.2 Å². The van der Waals surface area contributed by atoms with Crippen LogP contribution in [0.15, 0.2) is 32.3 Å². The second-order valence-corrected chi connectivity index (χ2v) is 7.77. The Labute approximate surface area is 169 Å². The molecule has 1 aromatic carbocycles. The van der Waals surface area contributed by atoms with Gasteiger partial charge in [-0.3, -0.25) is 10.7 Å². The van der Waals surface area contributed by atoms with Gasteiger partial charge in [0.1, 0.15) is 11.5 Å². The molecule has 0 spiro atoms. The first-order chi connectivity index (χ1) is 13.1. The summed E-state index contributed by atoms with van der Waals surface area (Å²) in [6, 6.07) is 4.24. The average Bonchev–Trinajstić information content (AvgIpc) is 3.11. The highest BCUT2D eigenvalue weighted by Gasteiger charge is 2.20. The van der Waals surface area contributed by atoms with E-state index in [2.05, 4.69) is 36.6 Å². The highest BCUT2D eigenvalue weighted by Crippen LogP contribution is 2.23. The van der Waals surface area contributed by atoms with E-state index in [0.717, 1.165) is 37.2 Å². The summed E-state index contributed by atoms with van der Waals surface area (Å²) in [4.78, 5) is 5.11. The largest absolute Gasteiger partial charge is 0.317 e. The summed E-state index contributed by atoms with van der Waals surface area (Å²) in [7, 11) is 0. The Morgan fingerprint density at radius 2 is 2.19 bits per heavy atom. The van der Waals surface area contributed by atoms with Crippen LogP contribution in [0.1, 0.15) is 30.7 Å². The molecule has 2 heterocycles. The van der Waals surface area contributed by atoms with Crippen LogP contribution in [-0.2, 0) is 6.42 Å². The van der Waals surface area contributed by atoms with Gasteiger partial charge in [-0.15, -0.1) is 0 Å². The third-order valence-electron chi connectivity index (χ3n) is 4.37. The molecule has 0 aliphatic carbocycles. The van der Waals surface area contributed by atoms with Gasteiger partial charge >= 0.3 is 0 Å². The lowest BCUT2D eigenvalue weighted by Gasteiger charge is -2.22. The number of hydrogen-bond acceptors (Lipinski definition) is 7. The molecule has 0 bridgehead atoms. The van der Waals surface area contributed by atoms with Crippen molar-refractivity contribution in [3.8, 4) is 0 Å². The number of amidine groups is 1. The third-order valence-corrected chi connectivity index (χ3v) is 5.29. The van der Waals surface area contributed by atoms with E-state index in [-0.39, 0.29) is 16.0 Å². The highest BCUT2D eigenvalue weighted by molar-refractivity contribution is 9.10. The molecule has 0 saturated carbocycles. The summed E-state index contributed by atoms with van der Waals surface area (Å²) in [6.07, 6.45) is 3.46. The molecule has 0 unspecified atom stereocenters. The fourth-order valence-electron chi connectivity index (χ4n) is 2.98. The SMILES string of the molecule is ONC(=Nc1ccc(F)c(Br)c1)c1nonc1CC(=S)CC1CCNCC1. The monoisotopic (exact) mass is 455 g/mol. The molecule has 3 rings (SSSR count). The minimum atomic E-state index is -0.403. The zero-order valence-electron chi connectivity index (χ0n) is 14.4. The Bertz CT molecular complexity index is 838. The van der Waals surface area contributed by atoms with E-state index in [1.807, 2.05) is 5.48 Å². The molecule has 1 saturated heterocycles. The molecule has 1 aliphatic rings. The number of benzene rings is 1. The van der Waals surface area contributed by atoms with E-state index in [9.17, 15) is 9.60 Å². The molecule has 1 aliphatic heterocycles. The van der Waals surface area contributed by atoms with Gasteiger partial charge in [0.15, 0.2) is 11.5 Å². The van der Waals surface area contributed by atoms with Crippen molar-refractivity contribution in [3.63, 3.8) is 0 Å². The Morgan fingerprint density at radius 1 is 1.41 bits per heavy atom. The van der Waals surface area contributed by atoms with Crippen LogP contribution in [0.2, 0.25) is 0 Å². The predicted octanol–water partition coefficient (Wildman–Crippen LogP) is 3.33. The van der Waals surface area contributed by atoms with E-state index < -0.39 is 5.82 Å². The van der Waals surface area contributed by atoms with Gasteiger partial charge in [0.05, 0.1) is 10.2 Å². The van der Waals surface area contributed by atoms with Crippen molar-refractivity contribution in [1.29, 1.82) is 0 Å². The lowest BCUT2D eigenvalue weighted by Crippen LogP contribution is -2.29. The molecule has 1 fully saturated rings. The van der Waals surface area contributed by atoms with Gasteiger partial charge in [0.25, 0.3) is 0 Å². The van der Waals surface area contributed by atoms with E-state index in [4.69, 9.17) is 16.8 Å². The molecular weight excluding hydrogens is 437 g/mol. The lowest BCUT2D eigenvalue weighted by molar-refractivity contribution is 0.234. The second kappa shape index (κ2) is 9.45. The van der Waals surface area contributed by atoms with Gasteiger partial charge in [0.2, 0.25) is 0 Å². The van der Waals surface area contributed by atoms with Gasteiger partial charge in [-0.25, -0.2) is 14.0 Å². The summed E-state index contributed by atoms with van der Waals surface area (Å²) in [5, 5.41) is 20.6. The van der Waals surface area contributed by atoms with Crippen LogP contribution in [0, 0.1) is 11.7 Å². The number of rotatable bonds is 6. The van der Waals surface area contributed by atoms with Crippen molar-refractivity contribution in [2.75, 3.05) is 13.1 Å². The van der Waals surface area contributed by atoms with Crippen LogP contribution in [0.4, 0.5) is 10.1 Å². The van der Waals surface area contributed by atoms with Gasteiger partial charge in [-0.05, 0) is 82.4 Å². The molecule has 7 nitrogen and oxygen atoms in total. The number of hydroxylamine groups is 1. The van der Waals surface area contributed by atoms with Crippen LogP contribution < -0.4 is 10.8 Å². The Kier molecular flexibility index (Phi) is 7.00. The Balaban J connectivity index is 1.74. The molecule has 3 N–H and O–H groups in total. The molecule has 10 heteroatoms. The number of aromatic nitrogens is 2. The first-order valence-electron chi connectivity index (χ1n) is 8.55. The van der Waals surface area contributed by atoms with E-state index in [1.54, 1.807) is 0 Å². The zero-order chi connectivity index (χ0) is 19.2. The second-order valence-electron chi connectivity index (χ2n) is 6.34. The van der Waals surface area contributed by atoms with E-state index in [0.29, 0.717) is 23.7 Å². The van der Waals surface area contributed by atoms with Crippen LogP contribution >= 0.6 is 28.1 Å². The molecule has 1 aromatic heterocycles. The quantitative estimate of drug-likeness (QED) is 0.266. The van der Waals surface area contributed by atoms with Crippen LogP contribution in [0.3, 0.4) is 0 Å². The van der Waals surface area contributed by atoms with Crippen molar-refractivity contribution in [2.24, 2.45) is 10.9 Å². The summed E-state index contributed by atoms with van der Waals surface area (Å²) in [5.41, 5.74) is 3.20. The third kappa shape index (κ3) is 5.38. The van der Waals surface area contributed by atoms with Crippen molar-refractivity contribution in [1.82, 2.24) is 21.1 Å². The maximum atomic E-state index is 13.4. The minimum Gasteiger partial charge on any atom is -0.317 e. The Hall–Kier alpha value is -1.75. The van der Waals surface area contributed by atoms with Gasteiger partial charge in [-0.2, -0.15) is 0 Å². The van der Waals surface area contributed by atoms with Crippen LogP contribution in [0.25, 0.3) is 0 Å². The average molecular weight is 456 g/mol. The number of thiocarbonyl (C=S) groups is 1. The minimum absolute atomic E-state index is 0.0504. The molecule has 0 amide bonds. The topological polar surface area (TPSA) is 95.6 Å². The first kappa shape index (κ1) is 20.0. The molecule has 27 heavy (non-hydrogen) atoms. The number of hydrogen-bond donors (Lipinski definition) is 3. The van der Waals surface area contributed by atoms with Crippen molar-refractivity contribution < 1.29 is 14.2 Å². The maximum Gasteiger partial charge on any atom is 0.182 e. The normalized spacial score (nSPS) is 15.7. The van der Waals surface area contributed by atoms with E-state index >= 15 is 0 Å². The molecule has 0 atom stereocenters. The molecule has 2 aromatic rings. The predicted molar refractivity (Wildman–Crippen MR) is 106 cm³/mol. The maximum absolute atomic E-state index is 13.4. The molecule has 0 radical (unpaired) electrons. The first-order valence-corrected chi connectivity index (χ1v) is 9.75. The fraction of sp³-hybridized carbons (Fsp3) is 0.412. The molecule has 144 valence electrons. The number of nitrogens with zero attached hydrogens (tertiary/aromatic N) is 3. The number of halogens is 2. The summed E-state index contributed by atoms with van der Waals surface area (Å²) < 4.78 is 18.5. The summed E-state index contributed by atoms with van der Waals surface area (Å²) >= 11 is 8.63. The van der Waals surface area contributed by atoms with Crippen LogP contribution in [-0.4, -0.2) is 39.3 Å². The fourth-order valence-corrected chi connectivity index (χ4v) is 3.72. The van der Waals surface area contributed by atoms with Crippen LogP contribution in [0.5, 0.6) is 0 Å². The molecular formula is C17H19BrFN5O2S. The van der Waals surface area contributed by atoms with Crippen molar-refractivity contribution in [2.45, 2.75) is 25.7 Å². The van der Waals surface area contributed by atoms with Crippen molar-refractivity contribution in [3.05, 3.63) is 39.9 Å². The number of piperidine rings is 1.